The van der Waals surface area contributed by atoms with Gasteiger partial charge >= 0.3 is 11.8 Å². The topological polar surface area (TPSA) is 120 Å². The van der Waals surface area contributed by atoms with Crippen molar-refractivity contribution in [3.05, 3.63) is 54.1 Å². The largest absolute Gasteiger partial charge is 0.348 e. The lowest BCUT2D eigenvalue weighted by atomic mass is 10.1. The van der Waals surface area contributed by atoms with Gasteiger partial charge in [0.05, 0.1) is 10.6 Å². The van der Waals surface area contributed by atoms with E-state index in [0.29, 0.717) is 17.9 Å². The summed E-state index contributed by atoms with van der Waals surface area (Å²) < 4.78 is 27.8. The number of sulfonamides is 1. The molecular formula is C23H33N5O4S. The summed E-state index contributed by atoms with van der Waals surface area (Å²) in [6.07, 6.45) is 3.81. The summed E-state index contributed by atoms with van der Waals surface area (Å²) >= 11 is 0. The molecule has 0 atom stereocenters. The first-order valence-electron chi connectivity index (χ1n) is 10.9. The van der Waals surface area contributed by atoms with Crippen molar-refractivity contribution in [2.24, 2.45) is 0 Å². The van der Waals surface area contributed by atoms with E-state index in [1.165, 1.54) is 0 Å². The first-order valence-corrected chi connectivity index (χ1v) is 12.4. The summed E-state index contributed by atoms with van der Waals surface area (Å²) in [6, 6.07) is 13.2. The molecule has 10 heteroatoms. The van der Waals surface area contributed by atoms with Crippen LogP contribution in [0.4, 0.5) is 11.4 Å². The van der Waals surface area contributed by atoms with Crippen molar-refractivity contribution in [1.29, 1.82) is 0 Å². The molecule has 2 rings (SSSR count). The maximum absolute atomic E-state index is 12.6. The Morgan fingerprint density at radius 3 is 2.12 bits per heavy atom. The van der Waals surface area contributed by atoms with Gasteiger partial charge in [0.15, 0.2) is 0 Å². The molecule has 2 aromatic carbocycles. The number of nitrogens with one attached hydrogen (secondary N) is 4. The first-order chi connectivity index (χ1) is 15.7. The summed E-state index contributed by atoms with van der Waals surface area (Å²) in [6.45, 7) is 3.32. The Balaban J connectivity index is 1.84. The second-order valence-corrected chi connectivity index (χ2v) is 9.60. The van der Waals surface area contributed by atoms with Crippen molar-refractivity contribution in [3.63, 3.8) is 0 Å². The van der Waals surface area contributed by atoms with Crippen LogP contribution in [-0.2, 0) is 26.0 Å². The summed E-state index contributed by atoms with van der Waals surface area (Å²) in [4.78, 5) is 25.8. The standard InChI is InChI=1S/C23H33N5O4S/c1-4-5-7-18-8-14-21(15-9-18)33(31,32)27-20-12-10-19(11-13-20)25-26-23(30)22(29)24-16-6-17-28(2)3/h8-15,25,27H,4-7,16-17H2,1-3H3,(H,24,29)(H,26,30). The molecule has 2 amide bonds. The Hall–Kier alpha value is -3.11. The average Bonchev–Trinajstić information content (AvgIpc) is 2.79. The van der Waals surface area contributed by atoms with Gasteiger partial charge in [-0.1, -0.05) is 25.5 Å². The van der Waals surface area contributed by atoms with E-state index in [9.17, 15) is 18.0 Å². The third-order valence-electron chi connectivity index (χ3n) is 4.78. The molecular weight excluding hydrogens is 442 g/mol. The van der Waals surface area contributed by atoms with Crippen LogP contribution in [0.25, 0.3) is 0 Å². The molecule has 0 saturated heterocycles. The third-order valence-corrected chi connectivity index (χ3v) is 6.18. The number of amides is 2. The van der Waals surface area contributed by atoms with Gasteiger partial charge in [0.25, 0.3) is 10.0 Å². The van der Waals surface area contributed by atoms with Crippen LogP contribution in [-0.4, -0.2) is 52.3 Å². The highest BCUT2D eigenvalue weighted by Crippen LogP contribution is 2.19. The smallest absolute Gasteiger partial charge is 0.327 e. The van der Waals surface area contributed by atoms with E-state index < -0.39 is 21.8 Å². The van der Waals surface area contributed by atoms with Gasteiger partial charge in [-0.25, -0.2) is 8.42 Å². The fraction of sp³-hybridized carbons (Fsp3) is 0.391. The predicted molar refractivity (Wildman–Crippen MR) is 130 cm³/mol. The number of unbranched alkanes of at least 4 members (excludes halogenated alkanes) is 1. The van der Waals surface area contributed by atoms with Crippen molar-refractivity contribution in [3.8, 4) is 0 Å². The molecule has 0 saturated carbocycles. The molecule has 0 radical (unpaired) electrons. The van der Waals surface area contributed by atoms with Crippen LogP contribution in [0.1, 0.15) is 31.7 Å². The predicted octanol–water partition coefficient (Wildman–Crippen LogP) is 2.34. The van der Waals surface area contributed by atoms with Crippen molar-refractivity contribution in [2.75, 3.05) is 37.3 Å². The Morgan fingerprint density at radius 1 is 0.879 bits per heavy atom. The number of hydrogen-bond acceptors (Lipinski definition) is 6. The molecule has 0 unspecified atom stereocenters. The van der Waals surface area contributed by atoms with Crippen LogP contribution in [0.15, 0.2) is 53.4 Å². The molecule has 4 N–H and O–H groups in total. The second kappa shape index (κ2) is 12.8. The van der Waals surface area contributed by atoms with Gasteiger partial charge in [-0.05, 0) is 81.9 Å². The maximum atomic E-state index is 12.6. The van der Waals surface area contributed by atoms with E-state index >= 15 is 0 Å². The number of hydrazine groups is 1. The van der Waals surface area contributed by atoms with E-state index in [4.69, 9.17) is 0 Å². The van der Waals surface area contributed by atoms with Crippen molar-refractivity contribution in [1.82, 2.24) is 15.6 Å². The van der Waals surface area contributed by atoms with Crippen LogP contribution in [0.3, 0.4) is 0 Å². The van der Waals surface area contributed by atoms with Crippen LogP contribution in [0.2, 0.25) is 0 Å². The minimum atomic E-state index is -3.71. The number of carbonyl (C=O) groups is 2. The SMILES string of the molecule is CCCCc1ccc(S(=O)(=O)Nc2ccc(NNC(=O)C(=O)NCCCN(C)C)cc2)cc1. The Kier molecular flexibility index (Phi) is 10.1. The van der Waals surface area contributed by atoms with Gasteiger partial charge in [0.1, 0.15) is 0 Å². The summed E-state index contributed by atoms with van der Waals surface area (Å²) in [7, 11) is 0.149. The normalized spacial score (nSPS) is 11.2. The zero-order valence-electron chi connectivity index (χ0n) is 19.3. The minimum Gasteiger partial charge on any atom is -0.348 e. The monoisotopic (exact) mass is 475 g/mol. The van der Waals surface area contributed by atoms with Crippen molar-refractivity contribution >= 4 is 33.2 Å². The van der Waals surface area contributed by atoms with E-state index in [1.807, 2.05) is 31.1 Å². The zero-order chi connectivity index (χ0) is 24.3. The lowest BCUT2D eigenvalue weighted by Crippen LogP contribution is -2.43. The number of hydrogen-bond donors (Lipinski definition) is 4. The lowest BCUT2D eigenvalue weighted by molar-refractivity contribution is -0.138. The summed E-state index contributed by atoms with van der Waals surface area (Å²) in [5, 5.41) is 2.54. The van der Waals surface area contributed by atoms with E-state index in [-0.39, 0.29) is 4.90 Å². The highest BCUT2D eigenvalue weighted by Gasteiger charge is 2.15. The van der Waals surface area contributed by atoms with Gasteiger partial charge in [-0.2, -0.15) is 0 Å². The highest BCUT2D eigenvalue weighted by molar-refractivity contribution is 7.92. The average molecular weight is 476 g/mol. The van der Waals surface area contributed by atoms with Crippen molar-refractivity contribution in [2.45, 2.75) is 37.5 Å². The van der Waals surface area contributed by atoms with Crippen LogP contribution in [0, 0.1) is 0 Å². The number of rotatable bonds is 12. The maximum Gasteiger partial charge on any atom is 0.327 e. The number of carbonyl (C=O) groups excluding carboxylic acids is 2. The molecule has 9 nitrogen and oxygen atoms in total. The molecule has 0 bridgehead atoms. The first kappa shape index (κ1) is 26.1. The Morgan fingerprint density at radius 2 is 1.52 bits per heavy atom. The zero-order valence-corrected chi connectivity index (χ0v) is 20.2. The summed E-state index contributed by atoms with van der Waals surface area (Å²) in [5.74, 6) is -1.54. The van der Waals surface area contributed by atoms with Gasteiger partial charge in [-0.15, -0.1) is 0 Å². The molecule has 0 aliphatic heterocycles. The fourth-order valence-corrected chi connectivity index (χ4v) is 3.97. The lowest BCUT2D eigenvalue weighted by Gasteiger charge is -2.12. The molecule has 0 heterocycles. The summed E-state index contributed by atoms with van der Waals surface area (Å²) in [5.41, 5.74) is 6.92. The fourth-order valence-electron chi connectivity index (χ4n) is 2.92. The second-order valence-electron chi connectivity index (χ2n) is 7.92. The molecule has 2 aromatic rings. The Labute approximate surface area is 196 Å². The van der Waals surface area contributed by atoms with E-state index in [0.717, 1.165) is 37.8 Å². The van der Waals surface area contributed by atoms with Crippen molar-refractivity contribution < 1.29 is 18.0 Å². The van der Waals surface area contributed by atoms with E-state index in [2.05, 4.69) is 27.8 Å². The Bertz CT molecular complexity index is 1010. The molecule has 0 aliphatic carbocycles. The number of aryl methyl sites for hydroxylation is 1. The highest BCUT2D eigenvalue weighted by atomic mass is 32.2. The molecule has 33 heavy (non-hydrogen) atoms. The van der Waals surface area contributed by atoms with Gasteiger partial charge < -0.3 is 10.2 Å². The molecule has 180 valence electrons. The van der Waals surface area contributed by atoms with Crippen LogP contribution in [0.5, 0.6) is 0 Å². The van der Waals surface area contributed by atoms with Gasteiger partial charge in [0, 0.05) is 12.2 Å². The minimum absolute atomic E-state index is 0.189. The molecule has 0 spiro atoms. The van der Waals surface area contributed by atoms with Gasteiger partial charge in [0.2, 0.25) is 0 Å². The molecule has 0 fully saturated rings. The number of anilines is 2. The molecule has 0 aromatic heterocycles. The van der Waals surface area contributed by atoms with Crippen LogP contribution < -0.4 is 20.9 Å². The third kappa shape index (κ3) is 9.11. The number of benzene rings is 2. The van der Waals surface area contributed by atoms with Crippen LogP contribution >= 0.6 is 0 Å². The van der Waals surface area contributed by atoms with E-state index in [1.54, 1.807) is 36.4 Å². The quantitative estimate of drug-likeness (QED) is 0.213. The number of nitrogens with zero attached hydrogens (tertiary/aromatic N) is 1. The molecule has 0 aliphatic rings. The van der Waals surface area contributed by atoms with Gasteiger partial charge in [-0.3, -0.25) is 25.2 Å².